The highest BCUT2D eigenvalue weighted by Gasteiger charge is 2.27. The molecule has 0 aromatic carbocycles. The summed E-state index contributed by atoms with van der Waals surface area (Å²) in [4.78, 5) is 21.6. The van der Waals surface area contributed by atoms with Crippen LogP contribution in [0, 0.1) is 0 Å². The molecule has 0 amide bonds. The zero-order valence-corrected chi connectivity index (χ0v) is 9.08. The van der Waals surface area contributed by atoms with Gasteiger partial charge >= 0.3 is 0 Å². The molecule has 0 unspecified atom stereocenters. The minimum absolute atomic E-state index is 0.0257. The Bertz CT molecular complexity index is 510. The predicted molar refractivity (Wildman–Crippen MR) is 62.5 cm³/mol. The van der Waals surface area contributed by atoms with E-state index in [0.29, 0.717) is 0 Å². The first-order valence-corrected chi connectivity index (χ1v) is 5.05. The number of fused-ring (bicyclic) bond motifs is 1. The number of nitrogens with one attached hydrogen (secondary N) is 2. The molecule has 8 heteroatoms. The molecule has 0 spiro atoms. The zero-order valence-electron chi connectivity index (χ0n) is 9.08. The van der Waals surface area contributed by atoms with Gasteiger partial charge in [-0.2, -0.15) is 4.98 Å². The Morgan fingerprint density at radius 1 is 1.53 bits per heavy atom. The van der Waals surface area contributed by atoms with E-state index in [9.17, 15) is 15.0 Å². The minimum atomic E-state index is -1.07. The standard InChI is InChI=1S/C9H13N5O3/c1-3(15)6(16)4-2-11-7-5(12-4)8(17)14-9(10)13-7/h2-4,6,12,15-16H,1H3,(H3,10,13,14,17)/t3-,4+,6-/m0/s1. The summed E-state index contributed by atoms with van der Waals surface area (Å²) >= 11 is 0. The Kier molecular flexibility index (Phi) is 2.82. The van der Waals surface area contributed by atoms with Gasteiger partial charge in [-0.1, -0.05) is 0 Å². The average Bonchev–Trinajstić information content (AvgIpc) is 2.27. The maximum Gasteiger partial charge on any atom is 0.277 e. The Morgan fingerprint density at radius 3 is 2.88 bits per heavy atom. The zero-order chi connectivity index (χ0) is 12.6. The molecule has 0 bridgehead atoms. The van der Waals surface area contributed by atoms with E-state index in [1.165, 1.54) is 13.1 Å². The first-order valence-electron chi connectivity index (χ1n) is 5.05. The summed E-state index contributed by atoms with van der Waals surface area (Å²) in [7, 11) is 0. The summed E-state index contributed by atoms with van der Waals surface area (Å²) in [6, 6.07) is -0.644. The number of aromatic amines is 1. The number of aliphatic hydroxyl groups is 2. The number of nitrogen functional groups attached to an aromatic ring is 1. The first-order chi connectivity index (χ1) is 7.99. The molecule has 1 aliphatic heterocycles. The summed E-state index contributed by atoms with van der Waals surface area (Å²) in [6.45, 7) is 1.45. The SMILES string of the molecule is C[C@H](O)[C@H](O)[C@H]1C=Nc2nc(N)[nH]c(=O)c2N1. The van der Waals surface area contributed by atoms with E-state index in [1.54, 1.807) is 0 Å². The van der Waals surface area contributed by atoms with Crippen molar-refractivity contribution in [2.45, 2.75) is 25.2 Å². The molecule has 0 saturated heterocycles. The van der Waals surface area contributed by atoms with E-state index in [0.717, 1.165) is 0 Å². The van der Waals surface area contributed by atoms with Crippen LogP contribution in [0.15, 0.2) is 9.79 Å². The highest BCUT2D eigenvalue weighted by atomic mass is 16.3. The number of aliphatic hydroxyl groups excluding tert-OH is 2. The second-order valence-corrected chi connectivity index (χ2v) is 3.83. The van der Waals surface area contributed by atoms with Gasteiger partial charge in [0.25, 0.3) is 5.56 Å². The maximum absolute atomic E-state index is 11.6. The molecule has 1 aromatic rings. The van der Waals surface area contributed by atoms with E-state index in [-0.39, 0.29) is 17.5 Å². The average molecular weight is 239 g/mol. The van der Waals surface area contributed by atoms with Crippen molar-refractivity contribution in [3.05, 3.63) is 10.4 Å². The second kappa shape index (κ2) is 4.15. The normalized spacial score (nSPS) is 21.5. The van der Waals surface area contributed by atoms with Crippen molar-refractivity contribution in [3.8, 4) is 0 Å². The third-order valence-corrected chi connectivity index (χ3v) is 2.45. The molecule has 8 nitrogen and oxygen atoms in total. The van der Waals surface area contributed by atoms with E-state index in [4.69, 9.17) is 5.73 Å². The smallest absolute Gasteiger partial charge is 0.277 e. The highest BCUT2D eigenvalue weighted by molar-refractivity contribution is 5.81. The fourth-order valence-corrected chi connectivity index (χ4v) is 1.53. The molecular weight excluding hydrogens is 226 g/mol. The van der Waals surface area contributed by atoms with Crippen molar-refractivity contribution < 1.29 is 10.2 Å². The van der Waals surface area contributed by atoms with Crippen molar-refractivity contribution in [2.24, 2.45) is 4.99 Å². The number of nitrogens with two attached hydrogens (primary N) is 1. The number of hydrogen-bond donors (Lipinski definition) is 5. The van der Waals surface area contributed by atoms with Crippen LogP contribution in [-0.4, -0.2) is 44.6 Å². The number of nitrogens with zero attached hydrogens (tertiary/aromatic N) is 2. The van der Waals surface area contributed by atoms with E-state index in [2.05, 4.69) is 20.3 Å². The molecule has 1 aromatic heterocycles. The quantitative estimate of drug-likeness (QED) is 0.430. The van der Waals surface area contributed by atoms with Crippen LogP contribution < -0.4 is 16.6 Å². The van der Waals surface area contributed by atoms with Crippen molar-refractivity contribution >= 4 is 23.7 Å². The van der Waals surface area contributed by atoms with Crippen LogP contribution in [0.25, 0.3) is 0 Å². The number of hydrogen-bond acceptors (Lipinski definition) is 7. The number of anilines is 2. The van der Waals surface area contributed by atoms with Crippen LogP contribution in [0.5, 0.6) is 0 Å². The van der Waals surface area contributed by atoms with Crippen molar-refractivity contribution in [1.82, 2.24) is 9.97 Å². The van der Waals surface area contributed by atoms with Crippen LogP contribution in [-0.2, 0) is 0 Å². The van der Waals surface area contributed by atoms with Crippen molar-refractivity contribution in [3.63, 3.8) is 0 Å². The van der Waals surface area contributed by atoms with Gasteiger partial charge in [-0.15, -0.1) is 0 Å². The van der Waals surface area contributed by atoms with Crippen LogP contribution >= 0.6 is 0 Å². The topological polar surface area (TPSA) is 137 Å². The maximum atomic E-state index is 11.6. The number of aliphatic imine (C=N–C) groups is 1. The number of H-pyrrole nitrogens is 1. The van der Waals surface area contributed by atoms with Crippen molar-refractivity contribution in [2.75, 3.05) is 11.1 Å². The van der Waals surface area contributed by atoms with Crippen LogP contribution in [0.2, 0.25) is 0 Å². The third kappa shape index (κ3) is 2.12. The molecule has 0 fully saturated rings. The lowest BCUT2D eigenvalue weighted by Crippen LogP contribution is -2.44. The van der Waals surface area contributed by atoms with Gasteiger partial charge in [-0.3, -0.25) is 9.78 Å². The summed E-state index contributed by atoms with van der Waals surface area (Å²) in [5.41, 5.74) is 5.03. The molecule has 1 aliphatic rings. The fraction of sp³-hybridized carbons (Fsp3) is 0.444. The van der Waals surface area contributed by atoms with Crippen LogP contribution in [0.4, 0.5) is 17.5 Å². The Hall–Kier alpha value is -1.93. The Balaban J connectivity index is 2.34. The molecule has 0 aliphatic carbocycles. The van der Waals surface area contributed by atoms with Gasteiger partial charge in [0, 0.05) is 6.21 Å². The van der Waals surface area contributed by atoms with Gasteiger partial charge in [-0.05, 0) is 6.92 Å². The lowest BCUT2D eigenvalue weighted by molar-refractivity contribution is 0.0314. The van der Waals surface area contributed by atoms with Crippen molar-refractivity contribution in [1.29, 1.82) is 0 Å². The number of aromatic nitrogens is 2. The van der Waals surface area contributed by atoms with Crippen LogP contribution in [0.3, 0.4) is 0 Å². The molecule has 17 heavy (non-hydrogen) atoms. The van der Waals surface area contributed by atoms with Crippen LogP contribution in [0.1, 0.15) is 6.92 Å². The molecule has 2 heterocycles. The highest BCUT2D eigenvalue weighted by Crippen LogP contribution is 2.23. The van der Waals surface area contributed by atoms with Gasteiger partial charge < -0.3 is 21.3 Å². The molecule has 0 radical (unpaired) electrons. The summed E-state index contributed by atoms with van der Waals surface area (Å²) < 4.78 is 0. The molecule has 92 valence electrons. The van der Waals surface area contributed by atoms with E-state index in [1.807, 2.05) is 0 Å². The Labute approximate surface area is 96.2 Å². The molecule has 0 saturated carbocycles. The van der Waals surface area contributed by atoms with E-state index >= 15 is 0 Å². The summed E-state index contributed by atoms with van der Waals surface area (Å²) in [5.74, 6) is 0.141. The monoisotopic (exact) mass is 239 g/mol. The predicted octanol–water partition coefficient (Wildman–Crippen LogP) is -1.41. The Morgan fingerprint density at radius 2 is 2.24 bits per heavy atom. The molecule has 3 atom stereocenters. The minimum Gasteiger partial charge on any atom is -0.391 e. The largest absolute Gasteiger partial charge is 0.391 e. The molecular formula is C9H13N5O3. The third-order valence-electron chi connectivity index (χ3n) is 2.45. The van der Waals surface area contributed by atoms with Gasteiger partial charge in [0.05, 0.1) is 12.1 Å². The lowest BCUT2D eigenvalue weighted by Gasteiger charge is -2.26. The number of rotatable bonds is 2. The van der Waals surface area contributed by atoms with Gasteiger partial charge in [0.2, 0.25) is 5.95 Å². The van der Waals surface area contributed by atoms with Gasteiger partial charge in [0.1, 0.15) is 11.8 Å². The fourth-order valence-electron chi connectivity index (χ4n) is 1.53. The molecule has 2 rings (SSSR count). The summed E-state index contributed by atoms with van der Waals surface area (Å²) in [5, 5.41) is 21.7. The summed E-state index contributed by atoms with van der Waals surface area (Å²) in [6.07, 6.45) is -0.629. The lowest BCUT2D eigenvalue weighted by atomic mass is 10.1. The van der Waals surface area contributed by atoms with E-state index < -0.39 is 23.8 Å². The second-order valence-electron chi connectivity index (χ2n) is 3.83. The van der Waals surface area contributed by atoms with Gasteiger partial charge in [0.15, 0.2) is 5.82 Å². The first kappa shape index (κ1) is 11.6. The molecule has 6 N–H and O–H groups in total. The van der Waals surface area contributed by atoms with Gasteiger partial charge in [-0.25, -0.2) is 4.99 Å².